The Hall–Kier alpha value is -1.61. The maximum Gasteiger partial charge on any atom is 0.0722 e. The number of nitrogens with one attached hydrogen (secondary N) is 1. The average Bonchev–Trinajstić information content (AvgIpc) is 2.38. The minimum Gasteiger partial charge on any atom is -0.382 e. The summed E-state index contributed by atoms with van der Waals surface area (Å²) in [7, 11) is 0. The molecule has 2 atom stereocenters. The van der Waals surface area contributed by atoms with Gasteiger partial charge in [0, 0.05) is 23.3 Å². The molecule has 0 spiro atoms. The lowest BCUT2D eigenvalue weighted by atomic mass is 9.99. The summed E-state index contributed by atoms with van der Waals surface area (Å²) in [4.78, 5) is 4.40. The van der Waals surface area contributed by atoms with E-state index in [2.05, 4.69) is 48.4 Å². The summed E-state index contributed by atoms with van der Waals surface area (Å²) in [6.07, 6.45) is 4.61. The fraction of sp³-hybridized carbons (Fsp3) is 0.438. The highest BCUT2D eigenvalue weighted by atomic mass is 16.5. The topological polar surface area (TPSA) is 34.2 Å². The molecule has 1 aliphatic rings. The van der Waals surface area contributed by atoms with Gasteiger partial charge in [-0.1, -0.05) is 6.07 Å². The van der Waals surface area contributed by atoms with Gasteiger partial charge in [0.1, 0.15) is 0 Å². The Labute approximate surface area is 114 Å². The van der Waals surface area contributed by atoms with Crippen LogP contribution in [-0.2, 0) is 4.74 Å². The number of hydrogen-bond donors (Lipinski definition) is 1. The van der Waals surface area contributed by atoms with Gasteiger partial charge in [0.25, 0.3) is 0 Å². The molecule has 3 nitrogen and oxygen atoms in total. The zero-order chi connectivity index (χ0) is 13.2. The fourth-order valence-corrected chi connectivity index (χ4v) is 2.97. The second kappa shape index (κ2) is 5.17. The van der Waals surface area contributed by atoms with Crippen molar-refractivity contribution in [2.45, 2.75) is 44.9 Å². The third-order valence-electron chi connectivity index (χ3n) is 3.70. The molecule has 3 rings (SSSR count). The molecule has 1 aliphatic heterocycles. The van der Waals surface area contributed by atoms with Gasteiger partial charge in [-0.05, 0) is 51.0 Å². The number of ether oxygens (including phenoxy) is 1. The van der Waals surface area contributed by atoms with Crippen LogP contribution in [0.3, 0.4) is 0 Å². The highest BCUT2D eigenvalue weighted by molar-refractivity contribution is 5.91. The highest BCUT2D eigenvalue weighted by Gasteiger charge is 2.24. The maximum absolute atomic E-state index is 5.79. The van der Waals surface area contributed by atoms with Crippen LogP contribution in [0.4, 0.5) is 5.69 Å². The fourth-order valence-electron chi connectivity index (χ4n) is 2.97. The first-order chi connectivity index (χ1) is 9.22. The quantitative estimate of drug-likeness (QED) is 0.891. The van der Waals surface area contributed by atoms with Gasteiger partial charge in [-0.3, -0.25) is 4.98 Å². The van der Waals surface area contributed by atoms with Crippen LogP contribution in [0.2, 0.25) is 0 Å². The zero-order valence-corrected chi connectivity index (χ0v) is 11.5. The third kappa shape index (κ3) is 2.71. The molecule has 1 aromatic carbocycles. The summed E-state index contributed by atoms with van der Waals surface area (Å²) < 4.78 is 5.79. The van der Waals surface area contributed by atoms with Gasteiger partial charge in [-0.25, -0.2) is 0 Å². The summed E-state index contributed by atoms with van der Waals surface area (Å²) in [5, 5.41) is 4.86. The summed E-state index contributed by atoms with van der Waals surface area (Å²) in [5.74, 6) is 0. The molecule has 1 N–H and O–H groups in total. The lowest BCUT2D eigenvalue weighted by molar-refractivity contribution is -0.0337. The Morgan fingerprint density at radius 3 is 2.68 bits per heavy atom. The third-order valence-corrected chi connectivity index (χ3v) is 3.70. The molecule has 1 aromatic heterocycles. The van der Waals surface area contributed by atoms with Crippen molar-refractivity contribution in [2.75, 3.05) is 5.32 Å². The van der Waals surface area contributed by atoms with Crippen LogP contribution in [0.15, 0.2) is 36.5 Å². The van der Waals surface area contributed by atoms with Crippen molar-refractivity contribution in [3.63, 3.8) is 0 Å². The molecule has 0 saturated carbocycles. The lowest BCUT2D eigenvalue weighted by Crippen LogP contribution is -2.36. The van der Waals surface area contributed by atoms with Crippen molar-refractivity contribution in [3.8, 4) is 0 Å². The molecule has 1 fully saturated rings. The normalized spacial score (nSPS) is 27.4. The number of aromatic nitrogens is 1. The number of nitrogens with zero attached hydrogens (tertiary/aromatic N) is 1. The summed E-state index contributed by atoms with van der Waals surface area (Å²) >= 11 is 0. The Balaban J connectivity index is 1.85. The predicted octanol–water partition coefficient (Wildman–Crippen LogP) is 3.60. The van der Waals surface area contributed by atoms with E-state index < -0.39 is 0 Å². The van der Waals surface area contributed by atoms with Gasteiger partial charge < -0.3 is 10.1 Å². The summed E-state index contributed by atoms with van der Waals surface area (Å²) in [6.45, 7) is 4.30. The Morgan fingerprint density at radius 2 is 1.89 bits per heavy atom. The van der Waals surface area contributed by atoms with Crippen molar-refractivity contribution in [1.29, 1.82) is 0 Å². The lowest BCUT2D eigenvalue weighted by Gasteiger charge is -2.33. The van der Waals surface area contributed by atoms with E-state index in [1.807, 2.05) is 12.3 Å². The minimum atomic E-state index is 0.328. The first kappa shape index (κ1) is 12.4. The van der Waals surface area contributed by atoms with Crippen LogP contribution in [0.1, 0.15) is 26.7 Å². The molecule has 0 radical (unpaired) electrons. The Morgan fingerprint density at radius 1 is 1.11 bits per heavy atom. The number of benzene rings is 1. The molecule has 2 heterocycles. The van der Waals surface area contributed by atoms with E-state index in [1.165, 1.54) is 11.1 Å². The SMILES string of the molecule is CC1CC(Nc2cccc3ncccc23)CC(C)O1. The molecule has 19 heavy (non-hydrogen) atoms. The molecule has 100 valence electrons. The summed E-state index contributed by atoms with van der Waals surface area (Å²) in [5.41, 5.74) is 2.22. The van der Waals surface area contributed by atoms with E-state index in [-0.39, 0.29) is 0 Å². The van der Waals surface area contributed by atoms with Crippen molar-refractivity contribution >= 4 is 16.6 Å². The van der Waals surface area contributed by atoms with E-state index in [0.29, 0.717) is 18.2 Å². The van der Waals surface area contributed by atoms with Gasteiger partial charge >= 0.3 is 0 Å². The second-order valence-electron chi connectivity index (χ2n) is 5.45. The Kier molecular flexibility index (Phi) is 3.38. The van der Waals surface area contributed by atoms with Gasteiger partial charge in [0.05, 0.1) is 17.7 Å². The molecule has 0 aliphatic carbocycles. The van der Waals surface area contributed by atoms with Crippen molar-refractivity contribution < 1.29 is 4.74 Å². The van der Waals surface area contributed by atoms with Gasteiger partial charge in [-0.2, -0.15) is 0 Å². The number of anilines is 1. The van der Waals surface area contributed by atoms with Crippen LogP contribution < -0.4 is 5.32 Å². The first-order valence-electron chi connectivity index (χ1n) is 6.98. The van der Waals surface area contributed by atoms with Crippen molar-refractivity contribution in [1.82, 2.24) is 4.98 Å². The largest absolute Gasteiger partial charge is 0.382 e. The molecule has 2 aromatic rings. The van der Waals surface area contributed by atoms with E-state index in [1.54, 1.807) is 0 Å². The molecular weight excluding hydrogens is 236 g/mol. The van der Waals surface area contributed by atoms with Crippen LogP contribution in [-0.4, -0.2) is 23.2 Å². The first-order valence-corrected chi connectivity index (χ1v) is 6.98. The van der Waals surface area contributed by atoms with Gasteiger partial charge in [0.15, 0.2) is 0 Å². The van der Waals surface area contributed by atoms with E-state index in [9.17, 15) is 0 Å². The van der Waals surface area contributed by atoms with E-state index in [0.717, 1.165) is 18.4 Å². The molecule has 2 unspecified atom stereocenters. The van der Waals surface area contributed by atoms with Crippen LogP contribution in [0.5, 0.6) is 0 Å². The van der Waals surface area contributed by atoms with Crippen molar-refractivity contribution in [2.24, 2.45) is 0 Å². The van der Waals surface area contributed by atoms with Crippen LogP contribution >= 0.6 is 0 Å². The molecule has 1 saturated heterocycles. The molecule has 3 heteroatoms. The smallest absolute Gasteiger partial charge is 0.0722 e. The summed E-state index contributed by atoms with van der Waals surface area (Å²) in [6, 6.07) is 10.8. The Bertz CT molecular complexity index is 554. The van der Waals surface area contributed by atoms with E-state index >= 15 is 0 Å². The van der Waals surface area contributed by atoms with E-state index in [4.69, 9.17) is 4.74 Å². The zero-order valence-electron chi connectivity index (χ0n) is 11.5. The highest BCUT2D eigenvalue weighted by Crippen LogP contribution is 2.26. The van der Waals surface area contributed by atoms with Crippen molar-refractivity contribution in [3.05, 3.63) is 36.5 Å². The maximum atomic E-state index is 5.79. The molecular formula is C16H20N2O. The average molecular weight is 256 g/mol. The van der Waals surface area contributed by atoms with Gasteiger partial charge in [-0.15, -0.1) is 0 Å². The number of rotatable bonds is 2. The number of hydrogen-bond acceptors (Lipinski definition) is 3. The standard InChI is InChI=1S/C16H20N2O/c1-11-9-13(10-12(2)19-11)18-16-7-3-6-15-14(16)5-4-8-17-15/h3-8,11-13,18H,9-10H2,1-2H3. The van der Waals surface area contributed by atoms with Crippen LogP contribution in [0.25, 0.3) is 10.9 Å². The number of pyridine rings is 1. The second-order valence-corrected chi connectivity index (χ2v) is 5.45. The molecule has 0 amide bonds. The number of fused-ring (bicyclic) bond motifs is 1. The predicted molar refractivity (Wildman–Crippen MR) is 78.4 cm³/mol. The monoisotopic (exact) mass is 256 g/mol. The van der Waals surface area contributed by atoms with Gasteiger partial charge in [0.2, 0.25) is 0 Å². The molecule has 0 bridgehead atoms. The minimum absolute atomic E-state index is 0.328. The van der Waals surface area contributed by atoms with Crippen LogP contribution in [0, 0.1) is 0 Å².